The maximum atomic E-state index is 11.4. The fourth-order valence-electron chi connectivity index (χ4n) is 1.50. The van der Waals surface area contributed by atoms with Crippen LogP contribution in [0.15, 0.2) is 54.8 Å². The smallest absolute Gasteiger partial charge is 0.878 e. The number of hydrogen-bond donors (Lipinski definition) is 0. The van der Waals surface area contributed by atoms with Gasteiger partial charge in [-0.2, -0.15) is 0 Å². The van der Waals surface area contributed by atoms with Crippen LogP contribution in [-0.4, -0.2) is 5.78 Å². The summed E-state index contributed by atoms with van der Waals surface area (Å²) >= 11 is 0. The molecule has 0 N–H and O–H groups in total. The maximum Gasteiger partial charge on any atom is 1.00 e. The topological polar surface area (TPSA) is 40.1 Å². The second-order valence-electron chi connectivity index (χ2n) is 3.23. The van der Waals surface area contributed by atoms with Crippen molar-refractivity contribution in [1.29, 1.82) is 0 Å². The molecule has 0 spiro atoms. The molecule has 2 rings (SSSR count). The van der Waals surface area contributed by atoms with Gasteiger partial charge in [0.2, 0.25) is 0 Å². The Morgan fingerprint density at radius 2 is 1.75 bits per heavy atom. The van der Waals surface area contributed by atoms with Crippen LogP contribution in [0, 0.1) is 0 Å². The number of carbonyl (C=O) groups excluding carboxylic acids is 1. The summed E-state index contributed by atoms with van der Waals surface area (Å²) in [7, 11) is 0. The van der Waals surface area contributed by atoms with Gasteiger partial charge in [-0.3, -0.25) is 4.79 Å². The van der Waals surface area contributed by atoms with Gasteiger partial charge in [0.25, 0.3) is 0 Å². The van der Waals surface area contributed by atoms with Crippen LogP contribution in [0.3, 0.4) is 0 Å². The average Bonchev–Trinajstić information content (AvgIpc) is 2.29. The maximum absolute atomic E-state index is 11.4. The number of hydrogen-bond acceptors (Lipinski definition) is 2. The third-order valence-corrected chi connectivity index (χ3v) is 2.25. The first-order chi connectivity index (χ1) is 7.31. The fourth-order valence-corrected chi connectivity index (χ4v) is 1.50. The van der Waals surface area contributed by atoms with E-state index < -0.39 is 0 Å². The number of carbonyl (C=O) groups is 1. The molecule has 74 valence electrons. The molecule has 3 heteroatoms. The van der Waals surface area contributed by atoms with Gasteiger partial charge in [-0.1, -0.05) is 36.4 Å². The number of benzene rings is 2. The predicted molar refractivity (Wildman–Crippen MR) is 57.4 cm³/mol. The second kappa shape index (κ2) is 5.85. The van der Waals surface area contributed by atoms with E-state index in [4.69, 9.17) is 0 Å². The summed E-state index contributed by atoms with van der Waals surface area (Å²) < 4.78 is 0. The van der Waals surface area contributed by atoms with E-state index in [1.165, 1.54) is 0 Å². The van der Waals surface area contributed by atoms with Crippen molar-refractivity contribution in [2.24, 2.45) is 0 Å². The zero-order valence-electron chi connectivity index (χ0n) is 9.01. The van der Waals surface area contributed by atoms with E-state index in [9.17, 15) is 9.90 Å². The Bertz CT molecular complexity index is 532. The van der Waals surface area contributed by atoms with Crippen LogP contribution < -0.4 is 34.7 Å². The first-order valence-electron chi connectivity index (χ1n) is 4.63. The molecular weight excluding hydrogens is 211 g/mol. The Balaban J connectivity index is 0.00000128. The van der Waals surface area contributed by atoms with Crippen LogP contribution in [0.4, 0.5) is 0 Å². The van der Waals surface area contributed by atoms with E-state index in [0.29, 0.717) is 11.8 Å². The predicted octanol–water partition coefficient (Wildman–Crippen LogP) is -1.10. The molecule has 2 aromatic carbocycles. The van der Waals surface area contributed by atoms with Crippen molar-refractivity contribution in [2.45, 2.75) is 0 Å². The number of rotatable bonds is 2. The van der Waals surface area contributed by atoms with Crippen LogP contribution in [-0.2, 0) is 0 Å². The number of ketones is 1. The number of fused-ring (bicyclic) bond motifs is 1. The molecule has 0 aliphatic rings. The molecule has 2 nitrogen and oxygen atoms in total. The Morgan fingerprint density at radius 1 is 1.06 bits per heavy atom. The third-order valence-electron chi connectivity index (χ3n) is 2.25. The Hall–Kier alpha value is -1.09. The molecule has 0 saturated heterocycles. The van der Waals surface area contributed by atoms with Gasteiger partial charge >= 0.3 is 29.6 Å². The molecule has 16 heavy (non-hydrogen) atoms. The van der Waals surface area contributed by atoms with Crippen molar-refractivity contribution in [3.63, 3.8) is 0 Å². The molecule has 0 amide bonds. The second-order valence-corrected chi connectivity index (χ2v) is 3.23. The monoisotopic (exact) mass is 220 g/mol. The van der Waals surface area contributed by atoms with Gasteiger partial charge in [0.1, 0.15) is 0 Å². The Morgan fingerprint density at radius 3 is 2.44 bits per heavy atom. The zero-order chi connectivity index (χ0) is 10.7. The van der Waals surface area contributed by atoms with Gasteiger partial charge < -0.3 is 5.11 Å². The zero-order valence-corrected chi connectivity index (χ0v) is 11.0. The van der Waals surface area contributed by atoms with Gasteiger partial charge in [0.15, 0.2) is 5.78 Å². The molecule has 0 aromatic heterocycles. The molecule has 0 bridgehead atoms. The fraction of sp³-hybridized carbons (Fsp3) is 0. The average molecular weight is 220 g/mol. The van der Waals surface area contributed by atoms with Gasteiger partial charge in [0.05, 0.1) is 0 Å². The van der Waals surface area contributed by atoms with E-state index in [0.717, 1.165) is 16.8 Å². The van der Waals surface area contributed by atoms with E-state index in [2.05, 4.69) is 0 Å². The van der Waals surface area contributed by atoms with Crippen LogP contribution >= 0.6 is 0 Å². The van der Waals surface area contributed by atoms with E-state index in [-0.39, 0.29) is 35.3 Å². The van der Waals surface area contributed by atoms with E-state index in [1.807, 2.05) is 30.3 Å². The minimum absolute atomic E-state index is 0. The quantitative estimate of drug-likeness (QED) is 0.279. The molecule has 0 aliphatic carbocycles. The van der Waals surface area contributed by atoms with Gasteiger partial charge in [-0.15, -0.1) is 6.26 Å². The molecule has 0 heterocycles. The molecule has 0 atom stereocenters. The van der Waals surface area contributed by atoms with E-state index >= 15 is 0 Å². The normalized spacial score (nSPS) is 10.2. The van der Waals surface area contributed by atoms with Gasteiger partial charge in [0, 0.05) is 5.56 Å². The van der Waals surface area contributed by atoms with Crippen LogP contribution in [0.25, 0.3) is 10.8 Å². The van der Waals surface area contributed by atoms with Gasteiger partial charge in [-0.05, 0) is 22.9 Å². The molecule has 0 fully saturated rings. The standard InChI is InChI=1S/C13H10O2.Na/c14-8-7-13(15)12-6-5-10-3-1-2-4-11(10)9-12;/h1-9,14H;/q;+1/p-1. The summed E-state index contributed by atoms with van der Waals surface area (Å²) in [5.74, 6) is -0.254. The first kappa shape index (κ1) is 13.0. The van der Waals surface area contributed by atoms with Crippen molar-refractivity contribution in [2.75, 3.05) is 0 Å². The largest absolute Gasteiger partial charge is 1.00 e. The SMILES string of the molecule is O=C(C=C[O-])c1ccc2ccccc2c1.[Na+]. The molecule has 2 aromatic rings. The molecule has 0 unspecified atom stereocenters. The molecule has 0 saturated carbocycles. The first-order valence-corrected chi connectivity index (χ1v) is 4.63. The van der Waals surface area contributed by atoms with Crippen LogP contribution in [0.2, 0.25) is 0 Å². The molecule has 0 aliphatic heterocycles. The van der Waals surface area contributed by atoms with Crippen molar-refractivity contribution in [1.82, 2.24) is 0 Å². The Labute approximate surface area is 116 Å². The van der Waals surface area contributed by atoms with Crippen molar-refractivity contribution < 1.29 is 39.5 Å². The summed E-state index contributed by atoms with van der Waals surface area (Å²) in [6, 6.07) is 13.2. The summed E-state index contributed by atoms with van der Waals surface area (Å²) in [4.78, 5) is 11.4. The van der Waals surface area contributed by atoms with Crippen molar-refractivity contribution in [3.8, 4) is 0 Å². The summed E-state index contributed by atoms with van der Waals surface area (Å²) in [6.07, 6.45) is 1.54. The Kier molecular flexibility index (Phi) is 4.74. The van der Waals surface area contributed by atoms with Gasteiger partial charge in [-0.25, -0.2) is 0 Å². The minimum Gasteiger partial charge on any atom is -0.878 e. The van der Waals surface area contributed by atoms with Crippen molar-refractivity contribution >= 4 is 16.6 Å². The molecule has 0 radical (unpaired) electrons. The minimum atomic E-state index is -0.254. The van der Waals surface area contributed by atoms with E-state index in [1.54, 1.807) is 12.1 Å². The van der Waals surface area contributed by atoms with Crippen molar-refractivity contribution in [3.05, 3.63) is 60.4 Å². The molecular formula is C13H9NaO2. The number of allylic oxidation sites excluding steroid dienone is 1. The summed E-state index contributed by atoms with van der Waals surface area (Å²) in [6.45, 7) is 0. The summed E-state index contributed by atoms with van der Waals surface area (Å²) in [5.41, 5.74) is 0.542. The van der Waals surface area contributed by atoms with Crippen LogP contribution in [0.5, 0.6) is 0 Å². The summed E-state index contributed by atoms with van der Waals surface area (Å²) in [5, 5.41) is 12.3. The van der Waals surface area contributed by atoms with Crippen LogP contribution in [0.1, 0.15) is 10.4 Å². The third kappa shape index (κ3) is 2.73.